The van der Waals surface area contributed by atoms with Crippen molar-refractivity contribution in [3.05, 3.63) is 34.9 Å². The maximum Gasteiger partial charge on any atom is 0.431 e. The van der Waals surface area contributed by atoms with Crippen molar-refractivity contribution in [2.24, 2.45) is 0 Å². The normalized spacial score (nSPS) is 13.3. The lowest BCUT2D eigenvalue weighted by molar-refractivity contribution is -0.156. The highest BCUT2D eigenvalue weighted by Crippen LogP contribution is 2.31. The number of hydrazine groups is 1. The van der Waals surface area contributed by atoms with Crippen LogP contribution >= 0.6 is 11.6 Å². The number of nitrogens with one attached hydrogen (secondary N) is 1. The number of esters is 1. The first kappa shape index (κ1) is 26.0. The average molecular weight is 454 g/mol. The molecule has 31 heavy (non-hydrogen) atoms. The van der Waals surface area contributed by atoms with E-state index in [1.807, 2.05) is 6.07 Å². The molecule has 0 saturated carbocycles. The molecule has 2 amide bonds. The van der Waals surface area contributed by atoms with E-state index < -0.39 is 34.9 Å². The summed E-state index contributed by atoms with van der Waals surface area (Å²) in [5.74, 6) is -1.10. The maximum absolute atomic E-state index is 13.1. The second-order valence-electron chi connectivity index (χ2n) is 8.48. The lowest BCUT2D eigenvalue weighted by atomic mass is 9.90. The molecule has 1 N–H and O–H groups in total. The molecule has 0 heterocycles. The standard InChI is InChI=1S/C21H28ClN3O6/c1-8-29-16(26)21(13-23,14-9-11-15(22)12-10-14)25(18(28)31-20(5,6)7)24-17(27)30-19(2,3)4/h9-12H,8H2,1-7H3,(H,24,27). The van der Waals surface area contributed by atoms with Gasteiger partial charge in [0.05, 0.1) is 6.61 Å². The molecular weight excluding hydrogens is 426 g/mol. The third-order valence-electron chi connectivity index (χ3n) is 3.51. The highest BCUT2D eigenvalue weighted by molar-refractivity contribution is 6.30. The summed E-state index contributed by atoms with van der Waals surface area (Å²) in [5, 5.41) is 11.0. The average Bonchev–Trinajstić information content (AvgIpc) is 2.60. The van der Waals surface area contributed by atoms with Crippen molar-refractivity contribution in [1.82, 2.24) is 10.4 Å². The van der Waals surface area contributed by atoms with Gasteiger partial charge in [-0.25, -0.2) is 19.8 Å². The zero-order chi connectivity index (χ0) is 24.0. The number of carbonyl (C=O) groups is 3. The summed E-state index contributed by atoms with van der Waals surface area (Å²) in [6, 6.07) is 7.42. The minimum absolute atomic E-state index is 0.0276. The fraction of sp³-hybridized carbons (Fsp3) is 0.524. The van der Waals surface area contributed by atoms with Gasteiger partial charge in [-0.05, 0) is 60.6 Å². The molecule has 1 rings (SSSR count). The molecule has 1 aromatic carbocycles. The van der Waals surface area contributed by atoms with Gasteiger partial charge in [-0.2, -0.15) is 10.3 Å². The molecule has 0 spiro atoms. The number of nitrogens with zero attached hydrogens (tertiary/aromatic N) is 2. The monoisotopic (exact) mass is 453 g/mol. The fourth-order valence-electron chi connectivity index (χ4n) is 2.39. The molecule has 0 aliphatic carbocycles. The first-order valence-electron chi connectivity index (χ1n) is 9.53. The largest absolute Gasteiger partial charge is 0.463 e. The summed E-state index contributed by atoms with van der Waals surface area (Å²) in [4.78, 5) is 38.6. The van der Waals surface area contributed by atoms with Crippen LogP contribution in [0.25, 0.3) is 0 Å². The number of rotatable bonds is 4. The number of hydrogen-bond donors (Lipinski definition) is 1. The number of amides is 2. The quantitative estimate of drug-likeness (QED) is 0.410. The summed E-state index contributed by atoms with van der Waals surface area (Å²) < 4.78 is 15.6. The highest BCUT2D eigenvalue weighted by Gasteiger charge is 2.53. The second kappa shape index (κ2) is 9.88. The number of halogens is 1. The van der Waals surface area contributed by atoms with Crippen LogP contribution in [-0.4, -0.2) is 41.0 Å². The topological polar surface area (TPSA) is 118 Å². The molecule has 0 saturated heterocycles. The van der Waals surface area contributed by atoms with E-state index in [-0.39, 0.29) is 12.2 Å². The smallest absolute Gasteiger partial charge is 0.431 e. The molecule has 10 heteroatoms. The minimum atomic E-state index is -2.42. The molecule has 170 valence electrons. The summed E-state index contributed by atoms with van der Waals surface area (Å²) in [6.45, 7) is 11.1. The van der Waals surface area contributed by atoms with Crippen LogP contribution in [0.15, 0.2) is 24.3 Å². The van der Waals surface area contributed by atoms with Gasteiger partial charge in [-0.15, -0.1) is 0 Å². The summed E-state index contributed by atoms with van der Waals surface area (Å²) in [7, 11) is 0. The van der Waals surface area contributed by atoms with Crippen LogP contribution in [0.4, 0.5) is 9.59 Å². The van der Waals surface area contributed by atoms with Gasteiger partial charge in [0.15, 0.2) is 0 Å². The van der Waals surface area contributed by atoms with E-state index in [0.29, 0.717) is 10.0 Å². The van der Waals surface area contributed by atoms with Crippen molar-refractivity contribution in [1.29, 1.82) is 5.26 Å². The number of hydrogen-bond acceptors (Lipinski definition) is 7. The van der Waals surface area contributed by atoms with E-state index in [9.17, 15) is 19.6 Å². The zero-order valence-corrected chi connectivity index (χ0v) is 19.5. The van der Waals surface area contributed by atoms with Crippen LogP contribution in [0.1, 0.15) is 54.0 Å². The maximum atomic E-state index is 13.1. The Labute approximate surface area is 187 Å². The molecule has 1 atom stereocenters. The molecule has 9 nitrogen and oxygen atoms in total. The Morgan fingerprint density at radius 2 is 1.55 bits per heavy atom. The minimum Gasteiger partial charge on any atom is -0.463 e. The van der Waals surface area contributed by atoms with Crippen molar-refractivity contribution in [3.8, 4) is 6.07 Å². The molecule has 0 aromatic heterocycles. The highest BCUT2D eigenvalue weighted by atomic mass is 35.5. The SMILES string of the molecule is CCOC(=O)C(C#N)(c1ccc(Cl)cc1)N(NC(=O)OC(C)(C)C)C(=O)OC(C)(C)C. The van der Waals surface area contributed by atoms with E-state index in [2.05, 4.69) is 5.43 Å². The summed E-state index contributed by atoms with van der Waals surface area (Å²) >= 11 is 5.94. The van der Waals surface area contributed by atoms with Crippen LogP contribution in [-0.2, 0) is 24.5 Å². The second-order valence-corrected chi connectivity index (χ2v) is 8.92. The third-order valence-corrected chi connectivity index (χ3v) is 3.76. The lowest BCUT2D eigenvalue weighted by Gasteiger charge is -2.37. The van der Waals surface area contributed by atoms with Gasteiger partial charge in [0.25, 0.3) is 5.54 Å². The van der Waals surface area contributed by atoms with Crippen molar-refractivity contribution >= 4 is 29.8 Å². The summed E-state index contributed by atoms with van der Waals surface area (Å²) in [5.41, 5.74) is -2.12. The molecular formula is C21H28ClN3O6. The van der Waals surface area contributed by atoms with Gasteiger partial charge in [-0.3, -0.25) is 0 Å². The molecule has 1 aromatic rings. The molecule has 0 bridgehead atoms. The lowest BCUT2D eigenvalue weighted by Crippen LogP contribution is -2.62. The molecule has 0 fully saturated rings. The number of nitriles is 1. The van der Waals surface area contributed by atoms with E-state index in [4.69, 9.17) is 25.8 Å². The van der Waals surface area contributed by atoms with Crippen molar-refractivity contribution in [3.63, 3.8) is 0 Å². The fourth-order valence-corrected chi connectivity index (χ4v) is 2.52. The van der Waals surface area contributed by atoms with Crippen LogP contribution < -0.4 is 5.43 Å². The zero-order valence-electron chi connectivity index (χ0n) is 18.7. The van der Waals surface area contributed by atoms with Gasteiger partial charge in [-0.1, -0.05) is 23.7 Å². The number of carbonyl (C=O) groups excluding carboxylic acids is 3. The Bertz CT molecular complexity index is 852. The Morgan fingerprint density at radius 3 is 1.97 bits per heavy atom. The Kier molecular flexibility index (Phi) is 8.30. The predicted molar refractivity (Wildman–Crippen MR) is 113 cm³/mol. The van der Waals surface area contributed by atoms with Gasteiger partial charge in [0.2, 0.25) is 0 Å². The van der Waals surface area contributed by atoms with Crippen LogP contribution in [0.3, 0.4) is 0 Å². The number of ether oxygens (including phenoxy) is 3. The Hall–Kier alpha value is -2.99. The van der Waals surface area contributed by atoms with Gasteiger partial charge in [0.1, 0.15) is 17.3 Å². The Balaban J connectivity index is 3.67. The van der Waals surface area contributed by atoms with Crippen molar-refractivity contribution in [2.45, 2.75) is 65.2 Å². The Morgan fingerprint density at radius 1 is 1.03 bits per heavy atom. The first-order valence-corrected chi connectivity index (χ1v) is 9.91. The number of benzene rings is 1. The molecule has 0 aliphatic heterocycles. The predicted octanol–water partition coefficient (Wildman–Crippen LogP) is 4.30. The van der Waals surface area contributed by atoms with Crippen LogP contribution in [0, 0.1) is 11.3 Å². The molecule has 0 aliphatic rings. The van der Waals surface area contributed by atoms with Gasteiger partial charge < -0.3 is 14.2 Å². The van der Waals surface area contributed by atoms with E-state index >= 15 is 0 Å². The summed E-state index contributed by atoms with van der Waals surface area (Å²) in [6.07, 6.45) is -2.24. The van der Waals surface area contributed by atoms with Gasteiger partial charge >= 0.3 is 18.2 Å². The first-order chi connectivity index (χ1) is 14.2. The molecule has 0 radical (unpaired) electrons. The van der Waals surface area contributed by atoms with E-state index in [1.165, 1.54) is 24.3 Å². The van der Waals surface area contributed by atoms with E-state index in [1.54, 1.807) is 48.5 Å². The van der Waals surface area contributed by atoms with Crippen LogP contribution in [0.5, 0.6) is 0 Å². The molecule has 1 unspecified atom stereocenters. The van der Waals surface area contributed by atoms with Crippen LogP contribution in [0.2, 0.25) is 5.02 Å². The van der Waals surface area contributed by atoms with E-state index in [0.717, 1.165) is 0 Å². The van der Waals surface area contributed by atoms with Crippen molar-refractivity contribution < 1.29 is 28.6 Å². The third kappa shape index (κ3) is 7.03. The van der Waals surface area contributed by atoms with Gasteiger partial charge in [0, 0.05) is 10.6 Å². The van der Waals surface area contributed by atoms with Crippen molar-refractivity contribution in [2.75, 3.05) is 6.61 Å².